The lowest BCUT2D eigenvalue weighted by Crippen LogP contribution is -2.02. The van der Waals surface area contributed by atoms with Gasteiger partial charge in [-0.05, 0) is 6.07 Å². The molecule has 6 heteroatoms. The van der Waals surface area contributed by atoms with E-state index in [1.54, 1.807) is 19.3 Å². The molecule has 0 saturated heterocycles. The molecule has 72 valence electrons. The van der Waals surface area contributed by atoms with Crippen molar-refractivity contribution in [2.24, 2.45) is 0 Å². The number of aromatic carboxylic acids is 1. The molecule has 6 nitrogen and oxygen atoms in total. The van der Waals surface area contributed by atoms with Gasteiger partial charge in [-0.2, -0.15) is 9.61 Å². The van der Waals surface area contributed by atoms with E-state index in [0.717, 1.165) is 0 Å². The zero-order valence-electron chi connectivity index (χ0n) is 7.43. The van der Waals surface area contributed by atoms with Crippen molar-refractivity contribution < 1.29 is 9.90 Å². The van der Waals surface area contributed by atoms with E-state index in [2.05, 4.69) is 15.4 Å². The van der Waals surface area contributed by atoms with Crippen molar-refractivity contribution >= 4 is 17.4 Å². The lowest BCUT2D eigenvalue weighted by Gasteiger charge is -2.00. The molecule has 0 fully saturated rings. The van der Waals surface area contributed by atoms with E-state index in [1.807, 2.05) is 0 Å². The third kappa shape index (κ3) is 1.17. The maximum absolute atomic E-state index is 10.6. The van der Waals surface area contributed by atoms with Crippen molar-refractivity contribution in [1.29, 1.82) is 0 Å². The number of carboxylic acids is 1. The molecular formula is C8H8N4O2. The lowest BCUT2D eigenvalue weighted by atomic mass is 10.4. The monoisotopic (exact) mass is 192 g/mol. The van der Waals surface area contributed by atoms with Gasteiger partial charge in [0.1, 0.15) is 5.82 Å². The summed E-state index contributed by atoms with van der Waals surface area (Å²) in [4.78, 5) is 14.6. The van der Waals surface area contributed by atoms with Crippen LogP contribution in [0.2, 0.25) is 0 Å². The fraction of sp³-hybridized carbons (Fsp3) is 0.125. The van der Waals surface area contributed by atoms with Gasteiger partial charge in [-0.15, -0.1) is 0 Å². The van der Waals surface area contributed by atoms with Crippen LogP contribution in [0.3, 0.4) is 0 Å². The molecule has 0 aromatic carbocycles. The van der Waals surface area contributed by atoms with Gasteiger partial charge in [0.15, 0.2) is 11.3 Å². The summed E-state index contributed by atoms with van der Waals surface area (Å²) in [6.45, 7) is 0. The van der Waals surface area contributed by atoms with E-state index >= 15 is 0 Å². The Kier molecular flexibility index (Phi) is 1.81. The number of hydrogen-bond acceptors (Lipinski definition) is 4. The third-order valence-corrected chi connectivity index (χ3v) is 1.83. The second kappa shape index (κ2) is 2.99. The van der Waals surface area contributed by atoms with Gasteiger partial charge >= 0.3 is 5.97 Å². The van der Waals surface area contributed by atoms with Gasteiger partial charge in [-0.25, -0.2) is 9.78 Å². The first-order valence-corrected chi connectivity index (χ1v) is 3.98. The average Bonchev–Trinajstić information content (AvgIpc) is 2.60. The van der Waals surface area contributed by atoms with Crippen molar-refractivity contribution in [2.45, 2.75) is 0 Å². The van der Waals surface area contributed by atoms with Crippen molar-refractivity contribution in [3.63, 3.8) is 0 Å². The van der Waals surface area contributed by atoms with Gasteiger partial charge in [-0.1, -0.05) is 0 Å². The van der Waals surface area contributed by atoms with Gasteiger partial charge < -0.3 is 10.4 Å². The molecular weight excluding hydrogens is 184 g/mol. The molecule has 2 aromatic heterocycles. The number of rotatable bonds is 2. The van der Waals surface area contributed by atoms with Crippen LogP contribution in [-0.2, 0) is 0 Å². The Labute approximate surface area is 79.2 Å². The fourth-order valence-corrected chi connectivity index (χ4v) is 1.19. The van der Waals surface area contributed by atoms with Gasteiger partial charge in [-0.3, -0.25) is 0 Å². The zero-order chi connectivity index (χ0) is 10.1. The van der Waals surface area contributed by atoms with Crippen LogP contribution < -0.4 is 5.32 Å². The molecule has 2 aromatic rings. The predicted octanol–water partition coefficient (Wildman–Crippen LogP) is 0.469. The Morgan fingerprint density at radius 1 is 1.64 bits per heavy atom. The summed E-state index contributed by atoms with van der Waals surface area (Å²) in [5.74, 6) is -0.361. The van der Waals surface area contributed by atoms with Crippen LogP contribution in [0.4, 0.5) is 5.82 Å². The lowest BCUT2D eigenvalue weighted by molar-refractivity contribution is 0.0690. The summed E-state index contributed by atoms with van der Waals surface area (Å²) in [6, 6.07) is 3.13. The molecule has 2 rings (SSSR count). The molecule has 0 radical (unpaired) electrons. The molecule has 0 unspecified atom stereocenters. The largest absolute Gasteiger partial charge is 0.476 e. The molecule has 2 heterocycles. The highest BCUT2D eigenvalue weighted by atomic mass is 16.4. The molecule has 2 N–H and O–H groups in total. The molecule has 0 aliphatic carbocycles. The minimum Gasteiger partial charge on any atom is -0.476 e. The number of anilines is 1. The first-order valence-electron chi connectivity index (χ1n) is 3.98. The predicted molar refractivity (Wildman–Crippen MR) is 49.5 cm³/mol. The number of carboxylic acid groups (broad SMARTS) is 1. The highest BCUT2D eigenvalue weighted by Gasteiger charge is 2.10. The van der Waals surface area contributed by atoms with E-state index in [0.29, 0.717) is 11.5 Å². The van der Waals surface area contributed by atoms with Gasteiger partial charge in [0.25, 0.3) is 0 Å². The van der Waals surface area contributed by atoms with Gasteiger partial charge in [0.05, 0.1) is 0 Å². The normalized spacial score (nSPS) is 10.4. The Hall–Kier alpha value is -2.11. The summed E-state index contributed by atoms with van der Waals surface area (Å²) >= 11 is 0. The Morgan fingerprint density at radius 3 is 3.07 bits per heavy atom. The Morgan fingerprint density at radius 2 is 2.43 bits per heavy atom. The highest BCUT2D eigenvalue weighted by Crippen LogP contribution is 2.10. The summed E-state index contributed by atoms with van der Waals surface area (Å²) < 4.78 is 1.45. The molecule has 0 bridgehead atoms. The van der Waals surface area contributed by atoms with E-state index in [9.17, 15) is 4.79 Å². The van der Waals surface area contributed by atoms with Crippen LogP contribution in [0.15, 0.2) is 18.3 Å². The molecule has 0 atom stereocenters. The van der Waals surface area contributed by atoms with Crippen LogP contribution in [0, 0.1) is 0 Å². The third-order valence-electron chi connectivity index (χ3n) is 1.83. The van der Waals surface area contributed by atoms with Crippen molar-refractivity contribution in [3.8, 4) is 0 Å². The minimum absolute atomic E-state index is 0.0137. The molecule has 0 amide bonds. The van der Waals surface area contributed by atoms with Crippen LogP contribution in [0.25, 0.3) is 5.65 Å². The highest BCUT2D eigenvalue weighted by molar-refractivity contribution is 5.86. The zero-order valence-corrected chi connectivity index (χ0v) is 7.43. The molecule has 0 aliphatic rings. The average molecular weight is 192 g/mol. The standard InChI is InChI=1S/C8H8N4O2/c1-9-6-2-3-10-7-4-5(8(13)14)11-12(6)7/h2-4,9H,1H3,(H,13,14). The number of carbonyl (C=O) groups is 1. The number of hydrogen-bond donors (Lipinski definition) is 2. The van der Waals surface area contributed by atoms with Crippen LogP contribution in [0.5, 0.6) is 0 Å². The smallest absolute Gasteiger partial charge is 0.356 e. The summed E-state index contributed by atoms with van der Waals surface area (Å²) in [5, 5.41) is 15.5. The van der Waals surface area contributed by atoms with Crippen LogP contribution >= 0.6 is 0 Å². The maximum atomic E-state index is 10.6. The number of nitrogens with zero attached hydrogens (tertiary/aromatic N) is 3. The second-order valence-corrected chi connectivity index (χ2v) is 2.68. The summed E-state index contributed by atoms with van der Waals surface area (Å²) in [7, 11) is 1.73. The molecule has 0 saturated carbocycles. The topological polar surface area (TPSA) is 79.5 Å². The van der Waals surface area contributed by atoms with E-state index in [4.69, 9.17) is 5.11 Å². The van der Waals surface area contributed by atoms with Crippen molar-refractivity contribution in [2.75, 3.05) is 12.4 Å². The summed E-state index contributed by atoms with van der Waals surface area (Å²) in [5.41, 5.74) is 0.495. The van der Waals surface area contributed by atoms with E-state index in [-0.39, 0.29) is 5.69 Å². The molecule has 14 heavy (non-hydrogen) atoms. The quantitative estimate of drug-likeness (QED) is 0.723. The number of fused-ring (bicyclic) bond motifs is 1. The number of nitrogens with one attached hydrogen (secondary N) is 1. The van der Waals surface area contributed by atoms with E-state index < -0.39 is 5.97 Å². The molecule has 0 aliphatic heterocycles. The first-order chi connectivity index (χ1) is 6.72. The van der Waals surface area contributed by atoms with Crippen molar-refractivity contribution in [3.05, 3.63) is 24.0 Å². The SMILES string of the molecule is CNc1ccnc2cc(C(=O)O)nn12. The first kappa shape index (κ1) is 8.49. The van der Waals surface area contributed by atoms with Gasteiger partial charge in [0.2, 0.25) is 0 Å². The van der Waals surface area contributed by atoms with Crippen LogP contribution in [-0.4, -0.2) is 32.7 Å². The maximum Gasteiger partial charge on any atom is 0.356 e. The Bertz CT molecular complexity index is 491. The number of aromatic nitrogens is 3. The Balaban J connectivity index is 2.70. The fourth-order valence-electron chi connectivity index (χ4n) is 1.19. The van der Waals surface area contributed by atoms with Crippen LogP contribution in [0.1, 0.15) is 10.5 Å². The summed E-state index contributed by atoms with van der Waals surface area (Å²) in [6.07, 6.45) is 1.59. The minimum atomic E-state index is -1.06. The second-order valence-electron chi connectivity index (χ2n) is 2.68. The molecule has 0 spiro atoms. The van der Waals surface area contributed by atoms with Gasteiger partial charge in [0, 0.05) is 19.3 Å². The van der Waals surface area contributed by atoms with E-state index in [1.165, 1.54) is 10.6 Å². The van der Waals surface area contributed by atoms with Crippen molar-refractivity contribution in [1.82, 2.24) is 14.6 Å².